The maximum atomic E-state index is 13.5. The van der Waals surface area contributed by atoms with Gasteiger partial charge in [-0.2, -0.15) is 0 Å². The summed E-state index contributed by atoms with van der Waals surface area (Å²) < 4.78 is 0. The zero-order chi connectivity index (χ0) is 20.5. The molecule has 1 amide bonds. The van der Waals surface area contributed by atoms with Crippen LogP contribution in [0.4, 0.5) is 5.69 Å². The lowest BCUT2D eigenvalue weighted by molar-refractivity contribution is -0.117. The number of rotatable bonds is 5. The van der Waals surface area contributed by atoms with E-state index in [2.05, 4.69) is 5.32 Å². The molecule has 2 atom stereocenters. The molecule has 0 aliphatic carbocycles. The molecule has 4 heteroatoms. The monoisotopic (exact) mass is 392 g/mol. The van der Waals surface area contributed by atoms with E-state index in [4.69, 9.17) is 4.98 Å². The van der Waals surface area contributed by atoms with E-state index in [1.165, 1.54) is 0 Å². The summed E-state index contributed by atoms with van der Waals surface area (Å²) in [6.07, 6.45) is 0.394. The minimum absolute atomic E-state index is 0.0394. The van der Waals surface area contributed by atoms with E-state index in [-0.39, 0.29) is 11.7 Å². The Balaban J connectivity index is 1.57. The zero-order valence-electron chi connectivity index (χ0n) is 16.3. The predicted octanol–water partition coefficient (Wildman–Crippen LogP) is 5.01. The van der Waals surface area contributed by atoms with Gasteiger partial charge in [0.2, 0.25) is 5.91 Å². The first kappa shape index (κ1) is 18.3. The average molecular weight is 392 g/mol. The second kappa shape index (κ2) is 7.56. The van der Waals surface area contributed by atoms with E-state index < -0.39 is 11.8 Å². The average Bonchev–Trinajstić information content (AvgIpc) is 3.13. The molecule has 146 valence electrons. The number of ketones is 1. The molecule has 2 heterocycles. The van der Waals surface area contributed by atoms with Crippen LogP contribution in [0.15, 0.2) is 91.0 Å². The summed E-state index contributed by atoms with van der Waals surface area (Å²) in [5.74, 6) is -1.25. The van der Waals surface area contributed by atoms with Crippen molar-refractivity contribution >= 4 is 28.3 Å². The number of fused-ring (bicyclic) bond motifs is 2. The number of pyridine rings is 1. The zero-order valence-corrected chi connectivity index (χ0v) is 16.3. The third kappa shape index (κ3) is 3.26. The molecule has 3 aromatic carbocycles. The lowest BCUT2D eigenvalue weighted by Crippen LogP contribution is -2.29. The van der Waals surface area contributed by atoms with Crippen molar-refractivity contribution in [2.75, 3.05) is 5.32 Å². The Kier molecular flexibility index (Phi) is 4.60. The Morgan fingerprint density at radius 3 is 2.47 bits per heavy atom. The van der Waals surface area contributed by atoms with E-state index in [1.807, 2.05) is 91.0 Å². The van der Waals surface area contributed by atoms with Crippen molar-refractivity contribution in [1.82, 2.24) is 4.98 Å². The van der Waals surface area contributed by atoms with E-state index >= 15 is 0 Å². The molecule has 1 N–H and O–H groups in total. The highest BCUT2D eigenvalue weighted by Gasteiger charge is 2.40. The van der Waals surface area contributed by atoms with Gasteiger partial charge < -0.3 is 5.32 Å². The second-order valence-corrected chi connectivity index (χ2v) is 7.59. The van der Waals surface area contributed by atoms with Gasteiger partial charge in [0.05, 0.1) is 11.4 Å². The molecule has 0 saturated carbocycles. The van der Waals surface area contributed by atoms with E-state index in [9.17, 15) is 9.59 Å². The van der Waals surface area contributed by atoms with Crippen molar-refractivity contribution in [2.24, 2.45) is 5.92 Å². The van der Waals surface area contributed by atoms with Gasteiger partial charge in [-0.25, -0.2) is 0 Å². The maximum absolute atomic E-state index is 13.5. The van der Waals surface area contributed by atoms with Gasteiger partial charge in [-0.3, -0.25) is 14.6 Å². The molecule has 4 nitrogen and oxygen atoms in total. The quantitative estimate of drug-likeness (QED) is 0.486. The van der Waals surface area contributed by atoms with Gasteiger partial charge in [0.25, 0.3) is 0 Å². The summed E-state index contributed by atoms with van der Waals surface area (Å²) in [6.45, 7) is 0. The van der Waals surface area contributed by atoms with Crippen LogP contribution in [-0.4, -0.2) is 16.7 Å². The highest BCUT2D eigenvalue weighted by Crippen LogP contribution is 2.40. The molecule has 0 fully saturated rings. The Morgan fingerprint density at radius 2 is 1.60 bits per heavy atom. The number of hydrogen-bond donors (Lipinski definition) is 1. The Morgan fingerprint density at radius 1 is 0.867 bits per heavy atom. The molecule has 1 aromatic heterocycles. The first-order valence-electron chi connectivity index (χ1n) is 10.0. The summed E-state index contributed by atoms with van der Waals surface area (Å²) in [6, 6.07) is 28.7. The molecule has 5 rings (SSSR count). The number of carbonyl (C=O) groups is 2. The molecule has 0 spiro atoms. The van der Waals surface area contributed by atoms with Crippen LogP contribution in [0.2, 0.25) is 0 Å². The third-order valence-electron chi connectivity index (χ3n) is 5.72. The number of anilines is 1. The van der Waals surface area contributed by atoms with Crippen molar-refractivity contribution in [3.05, 3.63) is 108 Å². The number of benzene rings is 3. The van der Waals surface area contributed by atoms with E-state index in [1.54, 1.807) is 0 Å². The fourth-order valence-corrected chi connectivity index (χ4v) is 4.26. The standard InChI is InChI=1S/C26H20N2O2/c29-25(18-9-2-1-3-10-18)21(24-20-11-5-7-13-23(20)28-26(24)30)16-19-15-14-17-8-4-6-12-22(17)27-19/h1-15,21,24H,16H2,(H,28,30). The summed E-state index contributed by atoms with van der Waals surface area (Å²) in [4.78, 5) is 31.2. The van der Waals surface area contributed by atoms with Gasteiger partial charge >= 0.3 is 0 Å². The van der Waals surface area contributed by atoms with Crippen molar-refractivity contribution in [3.63, 3.8) is 0 Å². The van der Waals surface area contributed by atoms with Crippen LogP contribution in [0.5, 0.6) is 0 Å². The first-order chi connectivity index (χ1) is 14.7. The number of hydrogen-bond acceptors (Lipinski definition) is 3. The van der Waals surface area contributed by atoms with Crippen LogP contribution in [0.3, 0.4) is 0 Å². The highest BCUT2D eigenvalue weighted by molar-refractivity contribution is 6.08. The topological polar surface area (TPSA) is 59.1 Å². The summed E-state index contributed by atoms with van der Waals surface area (Å²) in [7, 11) is 0. The molecule has 1 aliphatic heterocycles. The molecule has 0 radical (unpaired) electrons. The fourth-order valence-electron chi connectivity index (χ4n) is 4.26. The molecular formula is C26H20N2O2. The first-order valence-corrected chi connectivity index (χ1v) is 10.0. The van der Waals surface area contributed by atoms with Gasteiger partial charge in [-0.1, -0.05) is 72.8 Å². The van der Waals surface area contributed by atoms with Crippen molar-refractivity contribution in [3.8, 4) is 0 Å². The molecule has 2 unspecified atom stereocenters. The number of aromatic nitrogens is 1. The fraction of sp³-hybridized carbons (Fsp3) is 0.115. The van der Waals surface area contributed by atoms with E-state index in [0.717, 1.165) is 27.8 Å². The van der Waals surface area contributed by atoms with Gasteiger partial charge in [-0.15, -0.1) is 0 Å². The largest absolute Gasteiger partial charge is 0.325 e. The minimum Gasteiger partial charge on any atom is -0.325 e. The van der Waals surface area contributed by atoms with Crippen LogP contribution < -0.4 is 5.32 Å². The highest BCUT2D eigenvalue weighted by atomic mass is 16.2. The van der Waals surface area contributed by atoms with Crippen molar-refractivity contribution in [1.29, 1.82) is 0 Å². The molecule has 30 heavy (non-hydrogen) atoms. The lowest BCUT2D eigenvalue weighted by atomic mass is 9.79. The van der Waals surface area contributed by atoms with Crippen LogP contribution >= 0.6 is 0 Å². The summed E-state index contributed by atoms with van der Waals surface area (Å²) in [5, 5.41) is 3.99. The summed E-state index contributed by atoms with van der Waals surface area (Å²) in [5.41, 5.74) is 3.96. The number of amides is 1. The molecular weight excluding hydrogens is 372 g/mol. The van der Waals surface area contributed by atoms with Crippen molar-refractivity contribution < 1.29 is 9.59 Å². The van der Waals surface area contributed by atoms with Crippen molar-refractivity contribution in [2.45, 2.75) is 12.3 Å². The van der Waals surface area contributed by atoms with Crippen LogP contribution in [0.25, 0.3) is 10.9 Å². The predicted molar refractivity (Wildman–Crippen MR) is 118 cm³/mol. The number of Topliss-reactive ketones (excluding diaryl/α,β-unsaturated/α-hetero) is 1. The van der Waals surface area contributed by atoms with Gasteiger partial charge in [-0.05, 0) is 23.8 Å². The number of nitrogens with one attached hydrogen (secondary N) is 1. The second-order valence-electron chi connectivity index (χ2n) is 7.59. The van der Waals surface area contributed by atoms with Gasteiger partial charge in [0.15, 0.2) is 5.78 Å². The third-order valence-corrected chi connectivity index (χ3v) is 5.72. The van der Waals surface area contributed by atoms with Gasteiger partial charge in [0.1, 0.15) is 0 Å². The van der Waals surface area contributed by atoms with Crippen LogP contribution in [0.1, 0.15) is 27.5 Å². The Hall–Kier alpha value is -3.79. The smallest absolute Gasteiger partial charge is 0.232 e. The molecule has 4 aromatic rings. The molecule has 0 bridgehead atoms. The maximum Gasteiger partial charge on any atom is 0.232 e. The van der Waals surface area contributed by atoms with Crippen LogP contribution in [0, 0.1) is 5.92 Å². The molecule has 0 saturated heterocycles. The number of nitrogens with zero attached hydrogens (tertiary/aromatic N) is 1. The number of para-hydroxylation sites is 2. The van der Waals surface area contributed by atoms with Crippen LogP contribution in [-0.2, 0) is 11.2 Å². The normalized spacial score (nSPS) is 16.1. The Bertz CT molecular complexity index is 1250. The van der Waals surface area contributed by atoms with Gasteiger partial charge in [0, 0.05) is 34.7 Å². The van der Waals surface area contributed by atoms with E-state index in [0.29, 0.717) is 12.0 Å². The Labute approximate surface area is 174 Å². The minimum atomic E-state index is -0.540. The molecule has 1 aliphatic rings. The SMILES string of the molecule is O=C(c1ccccc1)C(Cc1ccc2ccccc2n1)C1C(=O)Nc2ccccc21. The lowest BCUT2D eigenvalue weighted by Gasteiger charge is -2.21. The summed E-state index contributed by atoms with van der Waals surface area (Å²) >= 11 is 0. The number of carbonyl (C=O) groups excluding carboxylic acids is 2.